The summed E-state index contributed by atoms with van der Waals surface area (Å²) in [6.07, 6.45) is 2.09. The standard InChI is InChI=1S/C15H9BrClFO/c16-12-6-11(13(17)7-14(12)18)15(19)10-4-2-8-1-3-9(8)5-10/h2,4-7H,1,3H2. The Morgan fingerprint density at radius 3 is 2.53 bits per heavy atom. The van der Waals surface area contributed by atoms with Gasteiger partial charge in [-0.2, -0.15) is 0 Å². The van der Waals surface area contributed by atoms with E-state index in [1.165, 1.54) is 17.2 Å². The smallest absolute Gasteiger partial charge is 0.194 e. The fraction of sp³-hybridized carbons (Fsp3) is 0.133. The van der Waals surface area contributed by atoms with E-state index in [4.69, 9.17) is 11.6 Å². The van der Waals surface area contributed by atoms with Gasteiger partial charge in [0, 0.05) is 11.1 Å². The van der Waals surface area contributed by atoms with E-state index in [2.05, 4.69) is 15.9 Å². The van der Waals surface area contributed by atoms with Crippen LogP contribution >= 0.6 is 27.5 Å². The molecule has 96 valence electrons. The molecule has 0 fully saturated rings. The summed E-state index contributed by atoms with van der Waals surface area (Å²) in [4.78, 5) is 12.4. The van der Waals surface area contributed by atoms with Crippen LogP contribution in [0.4, 0.5) is 4.39 Å². The van der Waals surface area contributed by atoms with Crippen molar-refractivity contribution < 1.29 is 9.18 Å². The van der Waals surface area contributed by atoms with E-state index in [1.807, 2.05) is 12.1 Å². The molecule has 1 aliphatic carbocycles. The van der Waals surface area contributed by atoms with Crippen LogP contribution in [0.1, 0.15) is 27.0 Å². The van der Waals surface area contributed by atoms with Crippen LogP contribution < -0.4 is 0 Å². The number of benzene rings is 2. The quantitative estimate of drug-likeness (QED) is 0.578. The molecule has 0 saturated heterocycles. The first-order chi connectivity index (χ1) is 9.06. The molecule has 0 amide bonds. The number of aryl methyl sites for hydroxylation is 2. The van der Waals surface area contributed by atoms with E-state index in [1.54, 1.807) is 6.07 Å². The Kier molecular flexibility index (Phi) is 3.19. The van der Waals surface area contributed by atoms with Gasteiger partial charge in [0.2, 0.25) is 0 Å². The van der Waals surface area contributed by atoms with E-state index in [9.17, 15) is 9.18 Å². The minimum Gasteiger partial charge on any atom is -0.289 e. The zero-order chi connectivity index (χ0) is 13.6. The normalized spacial score (nSPS) is 12.8. The van der Waals surface area contributed by atoms with Crippen molar-refractivity contribution in [1.82, 2.24) is 0 Å². The van der Waals surface area contributed by atoms with Crippen molar-refractivity contribution in [3.8, 4) is 0 Å². The summed E-state index contributed by atoms with van der Waals surface area (Å²) in [5, 5.41) is 0.133. The lowest BCUT2D eigenvalue weighted by Gasteiger charge is -2.19. The lowest BCUT2D eigenvalue weighted by molar-refractivity contribution is 0.103. The average Bonchev–Trinajstić information content (AvgIpc) is 2.34. The van der Waals surface area contributed by atoms with E-state index in [0.29, 0.717) is 11.1 Å². The molecule has 0 atom stereocenters. The Morgan fingerprint density at radius 1 is 1.16 bits per heavy atom. The summed E-state index contributed by atoms with van der Waals surface area (Å²) in [6.45, 7) is 0. The van der Waals surface area contributed by atoms with Crippen LogP contribution in [0.15, 0.2) is 34.8 Å². The third-order valence-corrected chi connectivity index (χ3v) is 4.31. The lowest BCUT2D eigenvalue weighted by atomic mass is 9.86. The molecular formula is C15H9BrClFO. The zero-order valence-electron chi connectivity index (χ0n) is 9.84. The Hall–Kier alpha value is -1.19. The Morgan fingerprint density at radius 2 is 1.89 bits per heavy atom. The van der Waals surface area contributed by atoms with Gasteiger partial charge in [0.05, 0.1) is 9.50 Å². The van der Waals surface area contributed by atoms with Gasteiger partial charge in [-0.25, -0.2) is 4.39 Å². The van der Waals surface area contributed by atoms with E-state index in [-0.39, 0.29) is 15.3 Å². The van der Waals surface area contributed by atoms with Crippen molar-refractivity contribution in [3.05, 3.63) is 67.9 Å². The minimum atomic E-state index is -0.473. The molecule has 0 bridgehead atoms. The van der Waals surface area contributed by atoms with Gasteiger partial charge in [0.25, 0.3) is 0 Å². The van der Waals surface area contributed by atoms with Gasteiger partial charge in [0.15, 0.2) is 5.78 Å². The van der Waals surface area contributed by atoms with Gasteiger partial charge >= 0.3 is 0 Å². The fourth-order valence-electron chi connectivity index (χ4n) is 2.19. The average molecular weight is 340 g/mol. The van der Waals surface area contributed by atoms with Crippen LogP contribution in [-0.4, -0.2) is 5.78 Å². The molecule has 1 aliphatic rings. The summed E-state index contributed by atoms with van der Waals surface area (Å²) in [7, 11) is 0. The number of hydrogen-bond donors (Lipinski definition) is 0. The molecule has 2 aromatic carbocycles. The van der Waals surface area contributed by atoms with E-state index < -0.39 is 5.82 Å². The molecule has 0 aromatic heterocycles. The molecular weight excluding hydrogens is 331 g/mol. The van der Waals surface area contributed by atoms with Gasteiger partial charge in [-0.3, -0.25) is 4.79 Å². The molecule has 0 aliphatic heterocycles. The van der Waals surface area contributed by atoms with Crippen molar-refractivity contribution in [2.24, 2.45) is 0 Å². The van der Waals surface area contributed by atoms with Crippen molar-refractivity contribution in [3.63, 3.8) is 0 Å². The zero-order valence-corrected chi connectivity index (χ0v) is 12.2. The fourth-order valence-corrected chi connectivity index (χ4v) is 2.77. The maximum atomic E-state index is 13.3. The molecule has 0 spiro atoms. The number of hydrogen-bond acceptors (Lipinski definition) is 1. The second-order valence-corrected chi connectivity index (χ2v) is 5.82. The molecule has 0 unspecified atom stereocenters. The first kappa shape index (κ1) is 12.8. The molecule has 0 N–H and O–H groups in total. The number of carbonyl (C=O) groups excluding carboxylic acids is 1. The predicted octanol–water partition coefficient (Wildman–Crippen LogP) is 4.57. The van der Waals surface area contributed by atoms with Crippen LogP contribution in [0.5, 0.6) is 0 Å². The number of rotatable bonds is 2. The molecule has 0 saturated carbocycles. The van der Waals surface area contributed by atoms with Gasteiger partial charge < -0.3 is 0 Å². The highest BCUT2D eigenvalue weighted by molar-refractivity contribution is 9.10. The van der Waals surface area contributed by atoms with Gasteiger partial charge in [0.1, 0.15) is 5.82 Å². The Labute approximate surface area is 123 Å². The number of ketones is 1. The Bertz CT molecular complexity index is 697. The van der Waals surface area contributed by atoms with Crippen LogP contribution in [0.2, 0.25) is 5.02 Å². The highest BCUT2D eigenvalue weighted by Gasteiger charge is 2.19. The molecule has 19 heavy (non-hydrogen) atoms. The molecule has 4 heteroatoms. The van der Waals surface area contributed by atoms with Crippen LogP contribution in [-0.2, 0) is 12.8 Å². The molecule has 1 nitrogen and oxygen atoms in total. The van der Waals surface area contributed by atoms with Gasteiger partial charge in [-0.05, 0) is 58.1 Å². The van der Waals surface area contributed by atoms with Crippen molar-refractivity contribution in [1.29, 1.82) is 0 Å². The first-order valence-corrected chi connectivity index (χ1v) is 7.04. The summed E-state index contributed by atoms with van der Waals surface area (Å²) in [5.41, 5.74) is 3.42. The molecule has 2 aromatic rings. The molecule has 3 rings (SSSR count). The predicted molar refractivity (Wildman–Crippen MR) is 76.4 cm³/mol. The van der Waals surface area contributed by atoms with Crippen LogP contribution in [0.25, 0.3) is 0 Å². The number of halogens is 3. The Balaban J connectivity index is 2.04. The second-order valence-electron chi connectivity index (χ2n) is 4.56. The highest BCUT2D eigenvalue weighted by atomic mass is 79.9. The highest BCUT2D eigenvalue weighted by Crippen LogP contribution is 2.29. The first-order valence-electron chi connectivity index (χ1n) is 5.87. The summed E-state index contributed by atoms with van der Waals surface area (Å²) in [5.74, 6) is -0.654. The number of fused-ring (bicyclic) bond motifs is 1. The maximum Gasteiger partial charge on any atom is 0.194 e. The van der Waals surface area contributed by atoms with Gasteiger partial charge in [-0.1, -0.05) is 23.7 Å². The van der Waals surface area contributed by atoms with Crippen LogP contribution in [0.3, 0.4) is 0 Å². The summed E-state index contributed by atoms with van der Waals surface area (Å²) < 4.78 is 13.5. The summed E-state index contributed by atoms with van der Waals surface area (Å²) >= 11 is 9.02. The van der Waals surface area contributed by atoms with Crippen LogP contribution in [0, 0.1) is 5.82 Å². The summed E-state index contributed by atoms with van der Waals surface area (Å²) in [6, 6.07) is 8.25. The van der Waals surface area contributed by atoms with E-state index >= 15 is 0 Å². The maximum absolute atomic E-state index is 13.3. The minimum absolute atomic E-state index is 0.133. The monoisotopic (exact) mass is 338 g/mol. The third kappa shape index (κ3) is 2.21. The largest absolute Gasteiger partial charge is 0.289 e. The second kappa shape index (κ2) is 4.73. The topological polar surface area (TPSA) is 17.1 Å². The van der Waals surface area contributed by atoms with Gasteiger partial charge in [-0.15, -0.1) is 0 Å². The van der Waals surface area contributed by atoms with Crippen molar-refractivity contribution in [2.75, 3.05) is 0 Å². The molecule has 0 radical (unpaired) electrons. The van der Waals surface area contributed by atoms with Crippen molar-refractivity contribution in [2.45, 2.75) is 12.8 Å². The SMILES string of the molecule is O=C(c1ccc2c(c1)CC2)c1cc(Br)c(F)cc1Cl. The third-order valence-electron chi connectivity index (χ3n) is 3.39. The number of carbonyl (C=O) groups is 1. The van der Waals surface area contributed by atoms with E-state index in [0.717, 1.165) is 18.9 Å². The lowest BCUT2D eigenvalue weighted by Crippen LogP contribution is -2.11. The van der Waals surface area contributed by atoms with Crippen molar-refractivity contribution >= 4 is 33.3 Å². The molecule has 0 heterocycles.